The van der Waals surface area contributed by atoms with Crippen LogP contribution in [-0.2, 0) is 19.4 Å². The van der Waals surface area contributed by atoms with Gasteiger partial charge in [-0.3, -0.25) is 9.59 Å². The Labute approximate surface area is 257 Å². The molecule has 4 unspecified atom stereocenters. The summed E-state index contributed by atoms with van der Waals surface area (Å²) in [5.74, 6) is -7.36. The lowest BCUT2D eigenvalue weighted by Crippen LogP contribution is -2.57. The molecule has 15 heteroatoms. The van der Waals surface area contributed by atoms with Crippen LogP contribution in [0.5, 0.6) is 0 Å². The number of aliphatic hydroxyl groups is 1. The summed E-state index contributed by atoms with van der Waals surface area (Å²) in [4.78, 5) is 37.0. The highest BCUT2D eigenvalue weighted by molar-refractivity contribution is 7.92. The molecule has 0 aliphatic heterocycles. The molecule has 4 rings (SSSR count). The molecule has 2 bridgehead atoms. The lowest BCUT2D eigenvalue weighted by molar-refractivity contribution is -0.127. The maximum absolute atomic E-state index is 13.8. The standard InChI is InChI=1S/C29H33ClF3N3O7S/c1-14(2)25(36-28(39)43-3)27(38)34-13-29(40)16-5-6-17(29)10-19(9-16)44(41,42)23-8-15(4-7-20(23)30)26(37)35-18-11-21(31)24(33)22(32)12-18/h4,7-8,11-12,14,16-17,19,25,40H,5-6,9-10,13H2,1-3H3,(H,34,38)(H,35,37)(H,36,39)/t16-,17?,19?,25?,29?/m0/s1. The fourth-order valence-electron chi connectivity index (χ4n) is 6.09. The number of methoxy groups -OCH3 is 1. The highest BCUT2D eigenvalue weighted by Crippen LogP contribution is 2.52. The number of alkyl carbamates (subject to hydrolysis) is 1. The predicted octanol–water partition coefficient (Wildman–Crippen LogP) is 4.20. The van der Waals surface area contributed by atoms with Crippen LogP contribution in [0.2, 0.25) is 5.02 Å². The number of rotatable bonds is 9. The van der Waals surface area contributed by atoms with Crippen LogP contribution in [0.25, 0.3) is 0 Å². The van der Waals surface area contributed by atoms with Gasteiger partial charge in [0.2, 0.25) is 5.91 Å². The average molecular weight is 660 g/mol. The van der Waals surface area contributed by atoms with Crippen LogP contribution in [0.15, 0.2) is 35.2 Å². The molecule has 2 saturated carbocycles. The molecule has 2 aromatic rings. The van der Waals surface area contributed by atoms with Gasteiger partial charge in [0.05, 0.1) is 27.9 Å². The van der Waals surface area contributed by atoms with E-state index in [1.165, 1.54) is 19.2 Å². The molecule has 10 nitrogen and oxygen atoms in total. The number of ether oxygens (including phenoxy) is 1. The molecule has 0 aromatic heterocycles. The Morgan fingerprint density at radius 1 is 1.07 bits per heavy atom. The smallest absolute Gasteiger partial charge is 0.407 e. The Morgan fingerprint density at radius 2 is 1.66 bits per heavy atom. The summed E-state index contributed by atoms with van der Waals surface area (Å²) in [5.41, 5.74) is -1.92. The Bertz CT molecular complexity index is 1540. The number of benzene rings is 2. The summed E-state index contributed by atoms with van der Waals surface area (Å²) in [5, 5.41) is 17.9. The molecule has 0 saturated heterocycles. The third kappa shape index (κ3) is 6.66. The lowest BCUT2D eigenvalue weighted by atomic mass is 9.74. The van der Waals surface area contributed by atoms with E-state index in [0.29, 0.717) is 25.0 Å². The van der Waals surface area contributed by atoms with Crippen LogP contribution in [-0.4, -0.2) is 62.0 Å². The van der Waals surface area contributed by atoms with Gasteiger partial charge in [-0.25, -0.2) is 26.4 Å². The van der Waals surface area contributed by atoms with Gasteiger partial charge in [-0.1, -0.05) is 25.4 Å². The van der Waals surface area contributed by atoms with Crippen molar-refractivity contribution < 1.29 is 45.8 Å². The second kappa shape index (κ2) is 12.9. The molecule has 5 atom stereocenters. The van der Waals surface area contributed by atoms with Gasteiger partial charge in [-0.05, 0) is 61.6 Å². The monoisotopic (exact) mass is 659 g/mol. The van der Waals surface area contributed by atoms with Crippen LogP contribution in [0, 0.1) is 35.2 Å². The van der Waals surface area contributed by atoms with E-state index in [-0.39, 0.29) is 46.5 Å². The van der Waals surface area contributed by atoms with Gasteiger partial charge in [0.15, 0.2) is 27.3 Å². The van der Waals surface area contributed by atoms with Crippen molar-refractivity contribution in [3.05, 3.63) is 58.4 Å². The van der Waals surface area contributed by atoms with Crippen molar-refractivity contribution >= 4 is 45.0 Å². The van der Waals surface area contributed by atoms with Crippen molar-refractivity contribution in [2.75, 3.05) is 19.0 Å². The molecule has 0 heterocycles. The van der Waals surface area contributed by atoms with E-state index in [2.05, 4.69) is 20.7 Å². The maximum Gasteiger partial charge on any atom is 0.407 e. The zero-order valence-electron chi connectivity index (χ0n) is 24.1. The van der Waals surface area contributed by atoms with Crippen molar-refractivity contribution in [2.45, 2.75) is 61.3 Å². The van der Waals surface area contributed by atoms with E-state index >= 15 is 0 Å². The number of halogens is 4. The van der Waals surface area contributed by atoms with Crippen LogP contribution in [0.4, 0.5) is 23.7 Å². The molecule has 240 valence electrons. The van der Waals surface area contributed by atoms with Crippen LogP contribution in [0.3, 0.4) is 0 Å². The minimum atomic E-state index is -4.13. The normalized spacial score (nSPS) is 23.6. The maximum atomic E-state index is 13.8. The largest absolute Gasteiger partial charge is 0.453 e. The van der Waals surface area contributed by atoms with Crippen molar-refractivity contribution in [3.8, 4) is 0 Å². The summed E-state index contributed by atoms with van der Waals surface area (Å²) < 4.78 is 72.6. The Hall–Kier alpha value is -3.36. The van der Waals surface area contributed by atoms with Crippen molar-refractivity contribution in [3.63, 3.8) is 0 Å². The molecule has 4 N–H and O–H groups in total. The number of hydrogen-bond acceptors (Lipinski definition) is 7. The van der Waals surface area contributed by atoms with Crippen LogP contribution >= 0.6 is 11.6 Å². The molecule has 2 aromatic carbocycles. The van der Waals surface area contributed by atoms with Crippen molar-refractivity contribution in [2.24, 2.45) is 17.8 Å². The third-order valence-electron chi connectivity index (χ3n) is 8.51. The zero-order chi connectivity index (χ0) is 32.6. The van der Waals surface area contributed by atoms with Gasteiger partial charge in [0, 0.05) is 29.9 Å². The zero-order valence-corrected chi connectivity index (χ0v) is 25.7. The highest BCUT2D eigenvalue weighted by atomic mass is 35.5. The summed E-state index contributed by atoms with van der Waals surface area (Å²) in [6, 6.07) is 3.78. The first-order valence-corrected chi connectivity index (χ1v) is 15.8. The average Bonchev–Trinajstić information content (AvgIpc) is 3.11. The summed E-state index contributed by atoms with van der Waals surface area (Å²) >= 11 is 6.27. The predicted molar refractivity (Wildman–Crippen MR) is 154 cm³/mol. The van der Waals surface area contributed by atoms with Crippen molar-refractivity contribution in [1.29, 1.82) is 0 Å². The van der Waals surface area contributed by atoms with E-state index in [1.54, 1.807) is 13.8 Å². The van der Waals surface area contributed by atoms with Crippen molar-refractivity contribution in [1.82, 2.24) is 10.6 Å². The van der Waals surface area contributed by atoms with Crippen LogP contribution in [0.1, 0.15) is 49.9 Å². The minimum absolute atomic E-state index is 0.0696. The number of carbonyl (C=O) groups is 3. The molecular formula is C29H33ClF3N3O7S. The summed E-state index contributed by atoms with van der Waals surface area (Å²) in [7, 11) is -2.96. The van der Waals surface area contributed by atoms with E-state index in [0.717, 1.165) is 6.07 Å². The first-order valence-electron chi connectivity index (χ1n) is 13.9. The molecule has 2 aliphatic carbocycles. The van der Waals surface area contributed by atoms with Gasteiger partial charge < -0.3 is 25.8 Å². The first-order chi connectivity index (χ1) is 20.6. The van der Waals surface area contributed by atoms with Crippen LogP contribution < -0.4 is 16.0 Å². The number of nitrogens with one attached hydrogen (secondary N) is 3. The molecule has 0 spiro atoms. The van der Waals surface area contributed by atoms with Gasteiger partial charge >= 0.3 is 6.09 Å². The van der Waals surface area contributed by atoms with E-state index in [4.69, 9.17) is 11.6 Å². The number of anilines is 1. The number of hydrogen-bond donors (Lipinski definition) is 4. The number of fused-ring (bicyclic) bond motifs is 2. The molecule has 2 aliphatic rings. The third-order valence-corrected chi connectivity index (χ3v) is 11.2. The highest BCUT2D eigenvalue weighted by Gasteiger charge is 2.56. The molecule has 2 fully saturated rings. The van der Waals surface area contributed by atoms with E-state index < -0.39 is 73.9 Å². The number of sulfone groups is 1. The fraction of sp³-hybridized carbons (Fsp3) is 0.483. The van der Waals surface area contributed by atoms with Gasteiger partial charge in [0.1, 0.15) is 6.04 Å². The molecular weight excluding hydrogens is 627 g/mol. The lowest BCUT2D eigenvalue weighted by Gasteiger charge is -2.42. The molecule has 0 radical (unpaired) electrons. The summed E-state index contributed by atoms with van der Waals surface area (Å²) in [6.07, 6.45) is 0.415. The van der Waals surface area contributed by atoms with Gasteiger partial charge in [-0.15, -0.1) is 0 Å². The number of amides is 3. The Balaban J connectivity index is 1.49. The Kier molecular flexibility index (Phi) is 9.86. The quantitative estimate of drug-likeness (QED) is 0.295. The van der Waals surface area contributed by atoms with Gasteiger partial charge in [0.25, 0.3) is 5.91 Å². The molecule has 3 amide bonds. The minimum Gasteiger partial charge on any atom is -0.453 e. The van der Waals surface area contributed by atoms with E-state index in [1.807, 2.05) is 0 Å². The fourth-order valence-corrected chi connectivity index (χ4v) is 8.49. The number of carbonyl (C=O) groups excluding carboxylic acids is 3. The topological polar surface area (TPSA) is 151 Å². The first kappa shape index (κ1) is 33.5. The Morgan fingerprint density at radius 3 is 2.20 bits per heavy atom. The molecule has 44 heavy (non-hydrogen) atoms. The second-order valence-corrected chi connectivity index (χ2v) is 14.1. The second-order valence-electron chi connectivity index (χ2n) is 11.5. The van der Waals surface area contributed by atoms with Gasteiger partial charge in [-0.2, -0.15) is 0 Å². The van der Waals surface area contributed by atoms with E-state index in [9.17, 15) is 41.1 Å². The summed E-state index contributed by atoms with van der Waals surface area (Å²) in [6.45, 7) is 3.34. The SMILES string of the molecule is COC(=O)NC(C(=O)NCC1(O)C2CC[C@H]1CC(S(=O)(=O)c1cc(C(=O)Nc3cc(F)c(F)c(F)c3)ccc1Cl)C2)C(C)C.